The van der Waals surface area contributed by atoms with Gasteiger partial charge in [-0.05, 0) is 24.3 Å². The van der Waals surface area contributed by atoms with Gasteiger partial charge in [0.1, 0.15) is 0 Å². The molecule has 0 saturated heterocycles. The predicted octanol–water partition coefficient (Wildman–Crippen LogP) is 3.82. The van der Waals surface area contributed by atoms with Gasteiger partial charge in [0.15, 0.2) is 0 Å². The Hall–Kier alpha value is -1.64. The summed E-state index contributed by atoms with van der Waals surface area (Å²) in [5.74, 6) is 0. The van der Waals surface area contributed by atoms with Gasteiger partial charge in [-0.25, -0.2) is 0 Å². The Morgan fingerprint density at radius 2 is 1.38 bits per heavy atom. The predicted molar refractivity (Wildman–Crippen MR) is 74.2 cm³/mol. The van der Waals surface area contributed by atoms with E-state index in [2.05, 4.69) is 53.7 Å². The molecule has 0 amide bonds. The summed E-state index contributed by atoms with van der Waals surface area (Å²) < 4.78 is 0. The van der Waals surface area contributed by atoms with E-state index >= 15 is 0 Å². The summed E-state index contributed by atoms with van der Waals surface area (Å²) in [4.78, 5) is 0. The molecule has 0 unspecified atom stereocenters. The van der Waals surface area contributed by atoms with Crippen molar-refractivity contribution in [1.82, 2.24) is 0 Å². The molecule has 0 saturated carbocycles. The summed E-state index contributed by atoms with van der Waals surface area (Å²) in [7, 11) is 0. The van der Waals surface area contributed by atoms with Crippen molar-refractivity contribution in [2.24, 2.45) is 0 Å². The maximum Gasteiger partial charge on any atom is 0.366 e. The summed E-state index contributed by atoms with van der Waals surface area (Å²) in [6.07, 6.45) is 0. The Morgan fingerprint density at radius 3 is 1.88 bits per heavy atom. The lowest BCUT2D eigenvalue weighted by molar-refractivity contribution is 1.50. The third kappa shape index (κ3) is 1.73. The Morgan fingerprint density at radius 1 is 0.875 bits per heavy atom. The third-order valence-electron chi connectivity index (χ3n) is 2.65. The van der Waals surface area contributed by atoms with Gasteiger partial charge in [-0.1, -0.05) is 38.1 Å². The van der Waals surface area contributed by atoms with E-state index in [0.717, 1.165) is 0 Å². The van der Waals surface area contributed by atoms with Gasteiger partial charge in [-0.2, -0.15) is 0 Å². The fourth-order valence-corrected chi connectivity index (χ4v) is 2.08. The molecule has 2 aromatic carbocycles. The van der Waals surface area contributed by atoms with Gasteiger partial charge in [-0.15, -0.1) is 0 Å². The third-order valence-corrected chi connectivity index (χ3v) is 2.65. The molecule has 2 aromatic rings. The molecular formula is C13H17BN2. The Labute approximate surface area is 97.2 Å². The first-order chi connectivity index (χ1) is 7.84. The van der Waals surface area contributed by atoms with E-state index in [4.69, 9.17) is 0 Å². The Balaban J connectivity index is 0.000000457. The molecule has 3 rings (SSSR count). The van der Waals surface area contributed by atoms with Crippen LogP contribution in [0.25, 0.3) is 10.8 Å². The molecule has 0 fully saturated rings. The van der Waals surface area contributed by atoms with Crippen LogP contribution in [0.3, 0.4) is 0 Å². The topological polar surface area (TPSA) is 24.1 Å². The molecule has 0 aromatic heterocycles. The fraction of sp³-hybridized carbons (Fsp3) is 0.231. The smallest absolute Gasteiger partial charge is 0.366 e. The van der Waals surface area contributed by atoms with Crippen molar-refractivity contribution in [3.8, 4) is 0 Å². The minimum atomic E-state index is 0.301. The van der Waals surface area contributed by atoms with Crippen molar-refractivity contribution in [3.05, 3.63) is 36.4 Å². The highest BCUT2D eigenvalue weighted by Crippen LogP contribution is 2.33. The van der Waals surface area contributed by atoms with E-state index in [1.54, 1.807) is 0 Å². The summed E-state index contributed by atoms with van der Waals surface area (Å²) in [5, 5.41) is 9.41. The van der Waals surface area contributed by atoms with Gasteiger partial charge in [0.05, 0.1) is 0 Å². The lowest BCUT2D eigenvalue weighted by Gasteiger charge is -2.24. The minimum absolute atomic E-state index is 0.301. The second-order valence-corrected chi connectivity index (χ2v) is 3.72. The van der Waals surface area contributed by atoms with Gasteiger partial charge >= 0.3 is 6.98 Å². The van der Waals surface area contributed by atoms with Gasteiger partial charge < -0.3 is 10.5 Å². The fourth-order valence-electron chi connectivity index (χ4n) is 2.08. The number of rotatable bonds is 0. The molecule has 0 bridgehead atoms. The molecule has 16 heavy (non-hydrogen) atoms. The van der Waals surface area contributed by atoms with Crippen molar-refractivity contribution in [2.75, 3.05) is 10.5 Å². The average molecular weight is 212 g/mol. The number of anilines is 2. The molecule has 3 heteroatoms. The summed E-state index contributed by atoms with van der Waals surface area (Å²) >= 11 is 0. The zero-order valence-electron chi connectivity index (χ0n) is 10.0. The van der Waals surface area contributed by atoms with Gasteiger partial charge in [0.2, 0.25) is 0 Å². The largest absolute Gasteiger partial charge is 0.409 e. The van der Waals surface area contributed by atoms with Crippen molar-refractivity contribution >= 4 is 29.1 Å². The van der Waals surface area contributed by atoms with E-state index in [0.29, 0.717) is 6.98 Å². The standard InChI is InChI=1S/C11H11BN2.C2H6/c1-12-13-9-6-2-4-8-5-3-7-10(14-12)11(8)9;1-2/h2-7,13-14H,1H3;1-2H3. The normalized spacial score (nSPS) is 12.3. The van der Waals surface area contributed by atoms with Crippen molar-refractivity contribution in [2.45, 2.75) is 20.7 Å². The first kappa shape index (κ1) is 10.9. The molecule has 2 nitrogen and oxygen atoms in total. The van der Waals surface area contributed by atoms with Crippen LogP contribution in [0.1, 0.15) is 13.8 Å². The number of hydrogen-bond acceptors (Lipinski definition) is 2. The number of hydrogen-bond donors (Lipinski definition) is 2. The number of nitrogens with one attached hydrogen (secondary N) is 2. The van der Waals surface area contributed by atoms with Crippen molar-refractivity contribution < 1.29 is 0 Å². The van der Waals surface area contributed by atoms with Crippen LogP contribution in [0.4, 0.5) is 11.4 Å². The molecule has 1 heterocycles. The maximum atomic E-state index is 3.41. The summed E-state index contributed by atoms with van der Waals surface area (Å²) in [6.45, 7) is 6.42. The second kappa shape index (κ2) is 4.48. The first-order valence-electron chi connectivity index (χ1n) is 5.89. The van der Waals surface area contributed by atoms with Crippen LogP contribution in [-0.2, 0) is 0 Å². The molecule has 0 atom stereocenters. The van der Waals surface area contributed by atoms with Crippen LogP contribution in [0.2, 0.25) is 6.82 Å². The SMILES string of the molecule is CB1Nc2cccc3cccc(c23)N1.CC. The van der Waals surface area contributed by atoms with Crippen LogP contribution in [0, 0.1) is 0 Å². The van der Waals surface area contributed by atoms with Crippen LogP contribution >= 0.6 is 0 Å². The summed E-state index contributed by atoms with van der Waals surface area (Å²) in [6, 6.07) is 12.7. The minimum Gasteiger partial charge on any atom is -0.409 e. The van der Waals surface area contributed by atoms with E-state index in [-0.39, 0.29) is 0 Å². The molecule has 0 spiro atoms. The van der Waals surface area contributed by atoms with Crippen molar-refractivity contribution in [1.29, 1.82) is 0 Å². The first-order valence-corrected chi connectivity index (χ1v) is 5.89. The van der Waals surface area contributed by atoms with Crippen LogP contribution < -0.4 is 10.5 Å². The zero-order chi connectivity index (χ0) is 11.5. The van der Waals surface area contributed by atoms with E-state index < -0.39 is 0 Å². The maximum absolute atomic E-state index is 3.41. The van der Waals surface area contributed by atoms with E-state index in [9.17, 15) is 0 Å². The van der Waals surface area contributed by atoms with Gasteiger partial charge in [-0.3, -0.25) is 0 Å². The molecule has 82 valence electrons. The van der Waals surface area contributed by atoms with Crippen LogP contribution in [0.15, 0.2) is 36.4 Å². The van der Waals surface area contributed by atoms with E-state index in [1.807, 2.05) is 13.8 Å². The molecule has 0 radical (unpaired) electrons. The molecule has 2 N–H and O–H groups in total. The van der Waals surface area contributed by atoms with Crippen molar-refractivity contribution in [3.63, 3.8) is 0 Å². The lowest BCUT2D eigenvalue weighted by atomic mass is 9.77. The highest BCUT2D eigenvalue weighted by Gasteiger charge is 2.17. The molecular weight excluding hydrogens is 195 g/mol. The summed E-state index contributed by atoms with van der Waals surface area (Å²) in [5.41, 5.74) is 2.45. The monoisotopic (exact) mass is 212 g/mol. The highest BCUT2D eigenvalue weighted by atomic mass is 15.0. The Bertz CT molecular complexity index is 456. The average Bonchev–Trinajstić information content (AvgIpc) is 2.32. The molecule has 1 aliphatic heterocycles. The second-order valence-electron chi connectivity index (χ2n) is 3.72. The highest BCUT2D eigenvalue weighted by molar-refractivity contribution is 6.66. The van der Waals surface area contributed by atoms with Crippen LogP contribution in [0.5, 0.6) is 0 Å². The molecule has 1 aliphatic rings. The Kier molecular flexibility index (Phi) is 3.04. The zero-order valence-corrected chi connectivity index (χ0v) is 10.0. The number of benzene rings is 2. The van der Waals surface area contributed by atoms with Gasteiger partial charge in [0.25, 0.3) is 0 Å². The van der Waals surface area contributed by atoms with Gasteiger partial charge in [0, 0.05) is 16.8 Å². The van der Waals surface area contributed by atoms with Crippen LogP contribution in [-0.4, -0.2) is 6.98 Å². The lowest BCUT2D eigenvalue weighted by Crippen LogP contribution is -2.33. The van der Waals surface area contributed by atoms with E-state index in [1.165, 1.54) is 22.1 Å². The molecule has 0 aliphatic carbocycles. The quantitative estimate of drug-likeness (QED) is 0.648.